The minimum absolute atomic E-state index is 0.0145. The van der Waals surface area contributed by atoms with Gasteiger partial charge in [-0.25, -0.2) is 4.39 Å². The molecule has 0 unspecified atom stereocenters. The molecule has 4 heteroatoms. The van der Waals surface area contributed by atoms with E-state index < -0.39 is 11.8 Å². The fourth-order valence-electron chi connectivity index (χ4n) is 2.14. The first-order valence-electron chi connectivity index (χ1n) is 5.76. The SMILES string of the molecule is O=C(O)C[C@H](CC1CC1)c1cc(O)cc(F)c1. The molecule has 0 bridgehead atoms. The molecule has 0 saturated heterocycles. The summed E-state index contributed by atoms with van der Waals surface area (Å²) in [5.74, 6) is -1.21. The molecule has 2 rings (SSSR count). The minimum Gasteiger partial charge on any atom is -0.508 e. The van der Waals surface area contributed by atoms with Crippen molar-refractivity contribution in [3.8, 4) is 5.75 Å². The molecule has 3 nitrogen and oxygen atoms in total. The molecular formula is C13H15FO3. The highest BCUT2D eigenvalue weighted by Crippen LogP contribution is 2.40. The quantitative estimate of drug-likeness (QED) is 0.829. The van der Waals surface area contributed by atoms with E-state index in [9.17, 15) is 14.3 Å². The molecule has 0 radical (unpaired) electrons. The molecule has 1 aliphatic rings. The highest BCUT2D eigenvalue weighted by molar-refractivity contribution is 5.68. The minimum atomic E-state index is -0.889. The fraction of sp³-hybridized carbons (Fsp3) is 0.462. The zero-order chi connectivity index (χ0) is 12.4. The largest absolute Gasteiger partial charge is 0.508 e. The number of phenols is 1. The predicted octanol–water partition coefficient (Wildman–Crippen LogP) is 2.89. The molecule has 1 aromatic rings. The van der Waals surface area contributed by atoms with Gasteiger partial charge in [0.2, 0.25) is 0 Å². The van der Waals surface area contributed by atoms with Gasteiger partial charge in [-0.15, -0.1) is 0 Å². The zero-order valence-electron chi connectivity index (χ0n) is 9.40. The van der Waals surface area contributed by atoms with Crippen molar-refractivity contribution in [2.75, 3.05) is 0 Å². The Hall–Kier alpha value is -1.58. The summed E-state index contributed by atoms with van der Waals surface area (Å²) in [5, 5.41) is 18.2. The number of carboxylic acid groups (broad SMARTS) is 1. The Bertz CT molecular complexity index is 406. The van der Waals surface area contributed by atoms with Crippen molar-refractivity contribution in [1.29, 1.82) is 0 Å². The van der Waals surface area contributed by atoms with Crippen molar-refractivity contribution >= 4 is 5.97 Å². The third-order valence-corrected chi connectivity index (χ3v) is 3.11. The third kappa shape index (κ3) is 3.44. The van der Waals surface area contributed by atoms with Gasteiger partial charge >= 0.3 is 5.97 Å². The van der Waals surface area contributed by atoms with Crippen molar-refractivity contribution in [2.45, 2.75) is 31.6 Å². The lowest BCUT2D eigenvalue weighted by molar-refractivity contribution is -0.137. The highest BCUT2D eigenvalue weighted by Gasteiger charge is 2.28. The molecular weight excluding hydrogens is 223 g/mol. The second-order valence-corrected chi connectivity index (χ2v) is 4.72. The summed E-state index contributed by atoms with van der Waals surface area (Å²) in [7, 11) is 0. The van der Waals surface area contributed by atoms with Gasteiger partial charge in [0.05, 0.1) is 6.42 Å². The van der Waals surface area contributed by atoms with E-state index >= 15 is 0 Å². The van der Waals surface area contributed by atoms with Crippen LogP contribution in [-0.4, -0.2) is 16.2 Å². The number of hydrogen-bond acceptors (Lipinski definition) is 2. The van der Waals surface area contributed by atoms with Crippen LogP contribution in [0, 0.1) is 11.7 Å². The molecule has 0 aliphatic heterocycles. The molecule has 0 amide bonds. The number of aromatic hydroxyl groups is 1. The third-order valence-electron chi connectivity index (χ3n) is 3.11. The van der Waals surface area contributed by atoms with Gasteiger partial charge in [0.1, 0.15) is 11.6 Å². The number of aliphatic carboxylic acids is 1. The van der Waals surface area contributed by atoms with E-state index in [1.54, 1.807) is 0 Å². The fourth-order valence-corrected chi connectivity index (χ4v) is 2.14. The summed E-state index contributed by atoms with van der Waals surface area (Å²) in [4.78, 5) is 10.8. The topological polar surface area (TPSA) is 57.5 Å². The van der Waals surface area contributed by atoms with E-state index in [-0.39, 0.29) is 18.1 Å². The standard InChI is InChI=1S/C13H15FO3/c14-11-4-10(5-12(15)7-11)9(6-13(16)17)3-8-1-2-8/h4-5,7-9,15H,1-3,6H2,(H,16,17)/t9-/m0/s1. The average molecular weight is 238 g/mol. The maximum Gasteiger partial charge on any atom is 0.303 e. The van der Waals surface area contributed by atoms with Gasteiger partial charge < -0.3 is 10.2 Å². The number of halogens is 1. The average Bonchev–Trinajstić information content (AvgIpc) is 2.98. The smallest absolute Gasteiger partial charge is 0.303 e. The van der Waals surface area contributed by atoms with Crippen LogP contribution in [0.1, 0.15) is 37.2 Å². The lowest BCUT2D eigenvalue weighted by atomic mass is 9.90. The molecule has 17 heavy (non-hydrogen) atoms. The Morgan fingerprint density at radius 1 is 1.41 bits per heavy atom. The van der Waals surface area contributed by atoms with E-state index in [0.29, 0.717) is 11.5 Å². The molecule has 1 saturated carbocycles. The van der Waals surface area contributed by atoms with Gasteiger partial charge in [-0.2, -0.15) is 0 Å². The van der Waals surface area contributed by atoms with Crippen molar-refractivity contribution < 1.29 is 19.4 Å². The van der Waals surface area contributed by atoms with E-state index in [1.807, 2.05) is 0 Å². The van der Waals surface area contributed by atoms with Crippen molar-refractivity contribution in [3.05, 3.63) is 29.6 Å². The molecule has 0 spiro atoms. The molecule has 2 N–H and O–H groups in total. The lowest BCUT2D eigenvalue weighted by Crippen LogP contribution is -2.07. The Balaban J connectivity index is 2.19. The summed E-state index contributed by atoms with van der Waals surface area (Å²) in [6, 6.07) is 3.80. The summed E-state index contributed by atoms with van der Waals surface area (Å²) in [6.45, 7) is 0. The lowest BCUT2D eigenvalue weighted by Gasteiger charge is -2.15. The molecule has 0 heterocycles. The predicted molar refractivity (Wildman–Crippen MR) is 60.4 cm³/mol. The van der Waals surface area contributed by atoms with Crippen LogP contribution in [-0.2, 0) is 4.79 Å². The molecule has 1 fully saturated rings. The first kappa shape index (κ1) is 11.9. The van der Waals surface area contributed by atoms with Crippen LogP contribution in [0.4, 0.5) is 4.39 Å². The summed E-state index contributed by atoms with van der Waals surface area (Å²) in [5.41, 5.74) is 0.580. The van der Waals surface area contributed by atoms with E-state index in [0.717, 1.165) is 25.3 Å². The van der Waals surface area contributed by atoms with E-state index in [4.69, 9.17) is 5.11 Å². The van der Waals surface area contributed by atoms with Gasteiger partial charge in [0.15, 0.2) is 0 Å². The van der Waals surface area contributed by atoms with Crippen LogP contribution < -0.4 is 0 Å². The molecule has 1 aliphatic carbocycles. The number of rotatable bonds is 5. The van der Waals surface area contributed by atoms with Gasteiger partial charge in [-0.3, -0.25) is 4.79 Å². The second-order valence-electron chi connectivity index (χ2n) is 4.72. The van der Waals surface area contributed by atoms with E-state index in [1.165, 1.54) is 12.1 Å². The van der Waals surface area contributed by atoms with Gasteiger partial charge in [0, 0.05) is 6.07 Å². The van der Waals surface area contributed by atoms with Gasteiger partial charge in [0.25, 0.3) is 0 Å². The maximum absolute atomic E-state index is 13.2. The summed E-state index contributed by atoms with van der Waals surface area (Å²) >= 11 is 0. The van der Waals surface area contributed by atoms with Crippen LogP contribution in [0.15, 0.2) is 18.2 Å². The molecule has 0 aromatic heterocycles. The Morgan fingerprint density at radius 2 is 2.12 bits per heavy atom. The maximum atomic E-state index is 13.2. The van der Waals surface area contributed by atoms with Crippen LogP contribution >= 0.6 is 0 Å². The molecule has 1 aromatic carbocycles. The van der Waals surface area contributed by atoms with Crippen LogP contribution in [0.2, 0.25) is 0 Å². The number of carboxylic acids is 1. The Morgan fingerprint density at radius 3 is 2.65 bits per heavy atom. The van der Waals surface area contributed by atoms with Crippen molar-refractivity contribution in [2.24, 2.45) is 5.92 Å². The number of phenolic OH excluding ortho intramolecular Hbond substituents is 1. The van der Waals surface area contributed by atoms with E-state index in [2.05, 4.69) is 0 Å². The first-order valence-corrected chi connectivity index (χ1v) is 5.76. The summed E-state index contributed by atoms with van der Waals surface area (Å²) < 4.78 is 13.2. The normalized spacial score (nSPS) is 16.8. The Labute approximate surface area is 98.9 Å². The van der Waals surface area contributed by atoms with Crippen LogP contribution in [0.5, 0.6) is 5.75 Å². The van der Waals surface area contributed by atoms with Crippen molar-refractivity contribution in [3.63, 3.8) is 0 Å². The second kappa shape index (κ2) is 4.73. The number of carbonyl (C=O) groups is 1. The zero-order valence-corrected chi connectivity index (χ0v) is 9.40. The van der Waals surface area contributed by atoms with Crippen LogP contribution in [0.3, 0.4) is 0 Å². The number of benzene rings is 1. The van der Waals surface area contributed by atoms with Crippen molar-refractivity contribution in [1.82, 2.24) is 0 Å². The van der Waals surface area contributed by atoms with Gasteiger partial charge in [-0.05, 0) is 36.0 Å². The van der Waals surface area contributed by atoms with Gasteiger partial charge in [-0.1, -0.05) is 12.8 Å². The number of hydrogen-bond donors (Lipinski definition) is 2. The Kier molecular flexibility index (Phi) is 3.31. The molecule has 92 valence electrons. The van der Waals surface area contributed by atoms with Crippen LogP contribution in [0.25, 0.3) is 0 Å². The first-order chi connectivity index (χ1) is 8.04. The summed E-state index contributed by atoms with van der Waals surface area (Å²) in [6.07, 6.45) is 2.99. The highest BCUT2D eigenvalue weighted by atomic mass is 19.1. The monoisotopic (exact) mass is 238 g/mol. The molecule has 1 atom stereocenters.